The summed E-state index contributed by atoms with van der Waals surface area (Å²) in [5, 5.41) is 0. The summed E-state index contributed by atoms with van der Waals surface area (Å²) in [5.41, 5.74) is -0.164. The Balaban J connectivity index is 1.50. The van der Waals surface area contributed by atoms with Crippen LogP contribution in [0.1, 0.15) is 19.3 Å². The highest BCUT2D eigenvalue weighted by atomic mass is 16.6. The SMILES string of the molecule is CO[C@@H]1CN(C(=O)/C=C/CN2CCOCC2)CC[C@]12CCCO2. The molecule has 0 bridgehead atoms. The van der Waals surface area contributed by atoms with E-state index in [1.807, 2.05) is 11.0 Å². The summed E-state index contributed by atoms with van der Waals surface area (Å²) >= 11 is 0. The Morgan fingerprint density at radius 3 is 2.78 bits per heavy atom. The van der Waals surface area contributed by atoms with Crippen molar-refractivity contribution in [3.8, 4) is 0 Å². The molecule has 0 N–H and O–H groups in total. The second-order valence-corrected chi connectivity index (χ2v) is 6.59. The van der Waals surface area contributed by atoms with Crippen LogP contribution in [-0.4, -0.2) is 87.1 Å². The maximum absolute atomic E-state index is 12.4. The van der Waals surface area contributed by atoms with E-state index in [2.05, 4.69) is 4.90 Å². The number of methoxy groups -OCH3 is 1. The summed E-state index contributed by atoms with van der Waals surface area (Å²) in [4.78, 5) is 16.6. The van der Waals surface area contributed by atoms with E-state index in [0.29, 0.717) is 6.54 Å². The molecule has 6 heteroatoms. The first-order chi connectivity index (χ1) is 11.2. The van der Waals surface area contributed by atoms with Crippen LogP contribution >= 0.6 is 0 Å². The first-order valence-corrected chi connectivity index (χ1v) is 8.66. The van der Waals surface area contributed by atoms with Crippen LogP contribution in [0.3, 0.4) is 0 Å². The molecule has 1 spiro atoms. The molecule has 23 heavy (non-hydrogen) atoms. The minimum absolute atomic E-state index is 0.0182. The Labute approximate surface area is 138 Å². The third kappa shape index (κ3) is 3.94. The van der Waals surface area contributed by atoms with Crippen molar-refractivity contribution in [3.05, 3.63) is 12.2 Å². The molecule has 0 aliphatic carbocycles. The highest BCUT2D eigenvalue weighted by molar-refractivity contribution is 5.87. The van der Waals surface area contributed by atoms with E-state index in [4.69, 9.17) is 14.2 Å². The number of rotatable bonds is 4. The van der Waals surface area contributed by atoms with Crippen molar-refractivity contribution in [2.75, 3.05) is 59.7 Å². The minimum atomic E-state index is -0.164. The summed E-state index contributed by atoms with van der Waals surface area (Å²) in [6, 6.07) is 0. The number of carbonyl (C=O) groups excluding carboxylic acids is 1. The maximum Gasteiger partial charge on any atom is 0.246 e. The van der Waals surface area contributed by atoms with Gasteiger partial charge in [-0.15, -0.1) is 0 Å². The number of hydrogen-bond acceptors (Lipinski definition) is 5. The quantitative estimate of drug-likeness (QED) is 0.712. The lowest BCUT2D eigenvalue weighted by molar-refractivity contribution is -0.155. The van der Waals surface area contributed by atoms with E-state index in [9.17, 15) is 4.79 Å². The first-order valence-electron chi connectivity index (χ1n) is 8.66. The van der Waals surface area contributed by atoms with Crippen molar-refractivity contribution < 1.29 is 19.0 Å². The van der Waals surface area contributed by atoms with Gasteiger partial charge in [-0.1, -0.05) is 6.08 Å². The third-order valence-electron chi connectivity index (χ3n) is 5.24. The zero-order valence-corrected chi connectivity index (χ0v) is 14.0. The molecule has 3 saturated heterocycles. The van der Waals surface area contributed by atoms with Gasteiger partial charge in [-0.25, -0.2) is 0 Å². The normalized spacial score (nSPS) is 32.9. The van der Waals surface area contributed by atoms with Gasteiger partial charge in [0.2, 0.25) is 5.91 Å². The molecule has 0 radical (unpaired) electrons. The van der Waals surface area contributed by atoms with E-state index < -0.39 is 0 Å². The van der Waals surface area contributed by atoms with Crippen LogP contribution in [0.15, 0.2) is 12.2 Å². The van der Waals surface area contributed by atoms with Gasteiger partial charge in [-0.2, -0.15) is 0 Å². The van der Waals surface area contributed by atoms with Gasteiger partial charge in [0.25, 0.3) is 0 Å². The molecule has 3 rings (SSSR count). The van der Waals surface area contributed by atoms with Crippen LogP contribution in [0.2, 0.25) is 0 Å². The van der Waals surface area contributed by atoms with Gasteiger partial charge in [-0.3, -0.25) is 9.69 Å². The average Bonchev–Trinajstić information content (AvgIpc) is 3.05. The molecule has 0 unspecified atom stereocenters. The maximum atomic E-state index is 12.4. The Kier molecular flexibility index (Phi) is 5.69. The molecule has 1 amide bonds. The van der Waals surface area contributed by atoms with E-state index in [0.717, 1.165) is 65.3 Å². The van der Waals surface area contributed by atoms with Gasteiger partial charge in [0.1, 0.15) is 6.10 Å². The van der Waals surface area contributed by atoms with Crippen LogP contribution in [0.5, 0.6) is 0 Å². The van der Waals surface area contributed by atoms with E-state index in [-0.39, 0.29) is 17.6 Å². The summed E-state index contributed by atoms with van der Waals surface area (Å²) in [5.74, 6) is 0.0770. The summed E-state index contributed by atoms with van der Waals surface area (Å²) < 4.78 is 16.9. The number of nitrogens with zero attached hydrogens (tertiary/aromatic N) is 2. The number of ether oxygens (including phenoxy) is 3. The highest BCUT2D eigenvalue weighted by Gasteiger charge is 2.47. The van der Waals surface area contributed by atoms with Gasteiger partial charge in [-0.05, 0) is 19.3 Å². The van der Waals surface area contributed by atoms with Crippen molar-refractivity contribution >= 4 is 5.91 Å². The molecular formula is C17H28N2O4. The predicted molar refractivity (Wildman–Crippen MR) is 86.3 cm³/mol. The lowest BCUT2D eigenvalue weighted by Crippen LogP contribution is -2.57. The van der Waals surface area contributed by atoms with Crippen LogP contribution in [0.25, 0.3) is 0 Å². The second kappa shape index (κ2) is 7.75. The fourth-order valence-corrected chi connectivity index (χ4v) is 3.79. The lowest BCUT2D eigenvalue weighted by atomic mass is 9.86. The van der Waals surface area contributed by atoms with Gasteiger partial charge in [0.15, 0.2) is 0 Å². The molecular weight excluding hydrogens is 296 g/mol. The summed E-state index contributed by atoms with van der Waals surface area (Å²) in [7, 11) is 1.72. The molecule has 3 aliphatic rings. The molecule has 3 fully saturated rings. The standard InChI is InChI=1S/C17H28N2O4/c1-21-15-14-19(8-6-17(15)5-3-11-23-17)16(20)4-2-7-18-9-12-22-13-10-18/h2,4,15H,3,5-14H2,1H3/b4-2+/t15-,17-/m1/s1. The highest BCUT2D eigenvalue weighted by Crippen LogP contribution is 2.37. The van der Waals surface area contributed by atoms with Crippen molar-refractivity contribution in [2.45, 2.75) is 31.0 Å². The van der Waals surface area contributed by atoms with Crippen LogP contribution in [0, 0.1) is 0 Å². The number of hydrogen-bond donors (Lipinski definition) is 0. The smallest absolute Gasteiger partial charge is 0.246 e. The topological polar surface area (TPSA) is 51.2 Å². The van der Waals surface area contributed by atoms with E-state index >= 15 is 0 Å². The number of amides is 1. The molecule has 0 saturated carbocycles. The van der Waals surface area contributed by atoms with E-state index in [1.165, 1.54) is 0 Å². The van der Waals surface area contributed by atoms with Crippen molar-refractivity contribution in [1.29, 1.82) is 0 Å². The molecule has 2 atom stereocenters. The van der Waals surface area contributed by atoms with Crippen LogP contribution in [-0.2, 0) is 19.0 Å². The van der Waals surface area contributed by atoms with E-state index in [1.54, 1.807) is 13.2 Å². The number of piperidine rings is 1. The zero-order valence-electron chi connectivity index (χ0n) is 14.0. The lowest BCUT2D eigenvalue weighted by Gasteiger charge is -2.44. The van der Waals surface area contributed by atoms with Crippen molar-refractivity contribution in [2.24, 2.45) is 0 Å². The average molecular weight is 324 g/mol. The van der Waals surface area contributed by atoms with Gasteiger partial charge in [0, 0.05) is 52.5 Å². The van der Waals surface area contributed by atoms with Gasteiger partial charge >= 0.3 is 0 Å². The molecule has 3 heterocycles. The number of likely N-dealkylation sites (tertiary alicyclic amines) is 1. The Hall–Kier alpha value is -0.950. The number of carbonyl (C=O) groups is 1. The van der Waals surface area contributed by atoms with Crippen LogP contribution < -0.4 is 0 Å². The van der Waals surface area contributed by atoms with Gasteiger partial charge in [0.05, 0.1) is 18.8 Å². The molecule has 3 aliphatic heterocycles. The Morgan fingerprint density at radius 1 is 1.26 bits per heavy atom. The molecule has 0 aromatic heterocycles. The predicted octanol–water partition coefficient (Wildman–Crippen LogP) is 0.671. The monoisotopic (exact) mass is 324 g/mol. The molecule has 130 valence electrons. The summed E-state index contributed by atoms with van der Waals surface area (Å²) in [6.45, 7) is 6.44. The second-order valence-electron chi connectivity index (χ2n) is 6.59. The number of morpholine rings is 1. The molecule has 0 aromatic rings. The first kappa shape index (κ1) is 16.9. The largest absolute Gasteiger partial charge is 0.379 e. The zero-order chi connectivity index (χ0) is 16.1. The van der Waals surface area contributed by atoms with Crippen molar-refractivity contribution in [1.82, 2.24) is 9.80 Å². The fraction of sp³-hybridized carbons (Fsp3) is 0.824. The third-order valence-corrected chi connectivity index (χ3v) is 5.24. The summed E-state index contributed by atoms with van der Waals surface area (Å²) in [6.07, 6.45) is 6.65. The molecule has 6 nitrogen and oxygen atoms in total. The Bertz CT molecular complexity index is 428. The van der Waals surface area contributed by atoms with Gasteiger partial charge < -0.3 is 19.1 Å². The minimum Gasteiger partial charge on any atom is -0.379 e. The van der Waals surface area contributed by atoms with Crippen molar-refractivity contribution in [3.63, 3.8) is 0 Å². The van der Waals surface area contributed by atoms with Crippen LogP contribution in [0.4, 0.5) is 0 Å². The fourth-order valence-electron chi connectivity index (χ4n) is 3.79. The Morgan fingerprint density at radius 2 is 2.09 bits per heavy atom. The molecule has 0 aromatic carbocycles.